The molecule has 1 aliphatic rings. The number of fused-ring (bicyclic) bond motifs is 1. The van der Waals surface area contributed by atoms with Gasteiger partial charge in [-0.15, -0.1) is 0 Å². The van der Waals surface area contributed by atoms with Gasteiger partial charge in [-0.1, -0.05) is 0 Å². The van der Waals surface area contributed by atoms with Crippen LogP contribution in [0.15, 0.2) is 30.5 Å². The Kier molecular flexibility index (Phi) is 4.85. The van der Waals surface area contributed by atoms with E-state index < -0.39 is 9.84 Å². The summed E-state index contributed by atoms with van der Waals surface area (Å²) in [5, 5.41) is 20.2. The van der Waals surface area contributed by atoms with Gasteiger partial charge in [0.05, 0.1) is 35.4 Å². The van der Waals surface area contributed by atoms with Gasteiger partial charge in [0, 0.05) is 12.6 Å². The van der Waals surface area contributed by atoms with Crippen LogP contribution in [-0.2, 0) is 9.84 Å². The number of rotatable bonds is 6. The van der Waals surface area contributed by atoms with Gasteiger partial charge in [0.15, 0.2) is 15.5 Å². The van der Waals surface area contributed by atoms with Gasteiger partial charge in [-0.05, 0) is 30.7 Å². The zero-order valence-corrected chi connectivity index (χ0v) is 15.7. The Labute approximate surface area is 160 Å². The normalized spacial score (nSPS) is 18.4. The SMILES string of the molecule is O=S1(=O)CC[C@H](Nc2nc(NCCO)c3cnn(-c4ccc(F)cc4)c3n2)C1. The topological polar surface area (TPSA) is 122 Å². The van der Waals surface area contributed by atoms with E-state index in [1.54, 1.807) is 23.0 Å². The first-order chi connectivity index (χ1) is 13.4. The highest BCUT2D eigenvalue weighted by atomic mass is 32.2. The monoisotopic (exact) mass is 406 g/mol. The number of aliphatic hydroxyl groups excluding tert-OH is 1. The minimum Gasteiger partial charge on any atom is -0.395 e. The van der Waals surface area contributed by atoms with Gasteiger partial charge in [0.25, 0.3) is 0 Å². The van der Waals surface area contributed by atoms with Crippen molar-refractivity contribution in [3.05, 3.63) is 36.3 Å². The lowest BCUT2D eigenvalue weighted by atomic mass is 10.3. The summed E-state index contributed by atoms with van der Waals surface area (Å²) in [4.78, 5) is 8.92. The molecule has 0 unspecified atom stereocenters. The maximum atomic E-state index is 13.3. The third-order valence-electron chi connectivity index (χ3n) is 4.47. The molecule has 9 nitrogen and oxygen atoms in total. The van der Waals surface area contributed by atoms with E-state index in [0.717, 1.165) is 0 Å². The third-order valence-corrected chi connectivity index (χ3v) is 6.24. The quantitative estimate of drug-likeness (QED) is 0.553. The van der Waals surface area contributed by atoms with Crippen molar-refractivity contribution in [3.8, 4) is 5.69 Å². The molecule has 3 N–H and O–H groups in total. The van der Waals surface area contributed by atoms with Gasteiger partial charge in [0.1, 0.15) is 11.6 Å². The number of sulfone groups is 1. The third kappa shape index (κ3) is 3.76. The van der Waals surface area contributed by atoms with Gasteiger partial charge < -0.3 is 15.7 Å². The molecule has 1 aliphatic heterocycles. The van der Waals surface area contributed by atoms with Gasteiger partial charge in [-0.2, -0.15) is 15.1 Å². The first kappa shape index (κ1) is 18.6. The van der Waals surface area contributed by atoms with E-state index >= 15 is 0 Å². The number of hydrogen-bond acceptors (Lipinski definition) is 8. The Hall–Kier alpha value is -2.79. The molecule has 148 valence electrons. The summed E-state index contributed by atoms with van der Waals surface area (Å²) in [5.74, 6) is 0.542. The summed E-state index contributed by atoms with van der Waals surface area (Å²) < 4.78 is 38.2. The Morgan fingerprint density at radius 3 is 2.71 bits per heavy atom. The number of aliphatic hydroxyl groups is 1. The van der Waals surface area contributed by atoms with E-state index in [4.69, 9.17) is 5.11 Å². The molecule has 11 heteroatoms. The second-order valence-corrected chi connectivity index (χ2v) is 8.79. The first-order valence-corrected chi connectivity index (χ1v) is 10.6. The molecule has 1 atom stereocenters. The van der Waals surface area contributed by atoms with Gasteiger partial charge in [-0.3, -0.25) is 0 Å². The predicted octanol–water partition coefficient (Wildman–Crippen LogP) is 0.958. The standard InChI is InChI=1S/C17H19FN6O3S/c18-11-1-3-13(4-2-11)24-16-14(9-20-24)15(19-6-7-25)22-17(23-16)21-12-5-8-28(26,27)10-12/h1-4,9,12,25H,5-8,10H2,(H2,19,21,22,23)/t12-/m0/s1. The average Bonchev–Trinajstić information content (AvgIpc) is 3.23. The number of anilines is 2. The molecule has 1 fully saturated rings. The maximum absolute atomic E-state index is 13.3. The van der Waals surface area contributed by atoms with Crippen molar-refractivity contribution in [3.63, 3.8) is 0 Å². The van der Waals surface area contributed by atoms with E-state index in [9.17, 15) is 12.8 Å². The molecule has 28 heavy (non-hydrogen) atoms. The van der Waals surface area contributed by atoms with E-state index in [2.05, 4.69) is 25.7 Å². The maximum Gasteiger partial charge on any atom is 0.226 e. The Morgan fingerprint density at radius 2 is 2.04 bits per heavy atom. The summed E-state index contributed by atoms with van der Waals surface area (Å²) in [5.41, 5.74) is 1.10. The molecule has 3 aromatic rings. The van der Waals surface area contributed by atoms with Crippen LogP contribution in [0.5, 0.6) is 0 Å². The molecule has 0 spiro atoms. The van der Waals surface area contributed by atoms with Crippen molar-refractivity contribution < 1.29 is 17.9 Å². The lowest BCUT2D eigenvalue weighted by molar-refractivity contribution is 0.311. The van der Waals surface area contributed by atoms with Crippen LogP contribution in [0.4, 0.5) is 16.2 Å². The average molecular weight is 406 g/mol. The second kappa shape index (κ2) is 7.32. The lowest BCUT2D eigenvalue weighted by Crippen LogP contribution is -2.22. The minimum atomic E-state index is -3.05. The van der Waals surface area contributed by atoms with Crippen LogP contribution in [0.3, 0.4) is 0 Å². The Morgan fingerprint density at radius 1 is 1.25 bits per heavy atom. The molecule has 0 bridgehead atoms. The van der Waals surface area contributed by atoms with Crippen molar-refractivity contribution in [1.82, 2.24) is 19.7 Å². The number of benzene rings is 1. The molecule has 1 aromatic carbocycles. The molecule has 1 saturated heterocycles. The number of nitrogens with zero attached hydrogens (tertiary/aromatic N) is 4. The van der Waals surface area contributed by atoms with Crippen LogP contribution in [0.25, 0.3) is 16.7 Å². The number of nitrogens with one attached hydrogen (secondary N) is 2. The summed E-state index contributed by atoms with van der Waals surface area (Å²) in [6.45, 7) is 0.201. The van der Waals surface area contributed by atoms with Crippen LogP contribution in [0, 0.1) is 5.82 Å². The highest BCUT2D eigenvalue weighted by Crippen LogP contribution is 2.25. The molecule has 0 radical (unpaired) electrons. The van der Waals surface area contributed by atoms with Gasteiger partial charge >= 0.3 is 0 Å². The van der Waals surface area contributed by atoms with Crippen molar-refractivity contribution in [1.29, 1.82) is 0 Å². The van der Waals surface area contributed by atoms with Crippen molar-refractivity contribution in [2.24, 2.45) is 0 Å². The number of hydrogen-bond donors (Lipinski definition) is 3. The summed E-state index contributed by atoms with van der Waals surface area (Å²) in [6.07, 6.45) is 2.07. The van der Waals surface area contributed by atoms with E-state index in [1.165, 1.54) is 12.1 Å². The van der Waals surface area contributed by atoms with Gasteiger partial charge in [-0.25, -0.2) is 17.5 Å². The Balaban J connectivity index is 1.75. The molecular formula is C17H19FN6O3S. The molecule has 0 amide bonds. The fourth-order valence-electron chi connectivity index (χ4n) is 3.14. The van der Waals surface area contributed by atoms with E-state index in [0.29, 0.717) is 29.0 Å². The van der Waals surface area contributed by atoms with E-state index in [1.807, 2.05) is 0 Å². The summed E-state index contributed by atoms with van der Waals surface area (Å²) >= 11 is 0. The zero-order chi connectivity index (χ0) is 19.7. The first-order valence-electron chi connectivity index (χ1n) is 8.78. The lowest BCUT2D eigenvalue weighted by Gasteiger charge is -2.13. The highest BCUT2D eigenvalue weighted by Gasteiger charge is 2.28. The molecule has 4 rings (SSSR count). The number of halogens is 1. The van der Waals surface area contributed by atoms with Crippen LogP contribution < -0.4 is 10.6 Å². The molecule has 0 aliphatic carbocycles. The summed E-state index contributed by atoms with van der Waals surface area (Å²) in [6, 6.07) is 5.56. The van der Waals surface area contributed by atoms with Crippen molar-refractivity contribution in [2.75, 3.05) is 35.3 Å². The predicted molar refractivity (Wildman–Crippen MR) is 103 cm³/mol. The molecular weight excluding hydrogens is 387 g/mol. The zero-order valence-electron chi connectivity index (χ0n) is 14.8. The van der Waals surface area contributed by atoms with E-state index in [-0.39, 0.29) is 42.5 Å². The fourth-order valence-corrected chi connectivity index (χ4v) is 4.82. The van der Waals surface area contributed by atoms with Gasteiger partial charge in [0.2, 0.25) is 5.95 Å². The minimum absolute atomic E-state index is 0.0328. The smallest absolute Gasteiger partial charge is 0.226 e. The van der Waals surface area contributed by atoms with Crippen LogP contribution in [-0.4, -0.2) is 64.0 Å². The Bertz CT molecular complexity index is 1100. The molecule has 0 saturated carbocycles. The van der Waals surface area contributed by atoms with Crippen LogP contribution >= 0.6 is 0 Å². The highest BCUT2D eigenvalue weighted by molar-refractivity contribution is 7.91. The summed E-state index contributed by atoms with van der Waals surface area (Å²) in [7, 11) is -3.05. The molecule has 2 aromatic heterocycles. The fraction of sp³-hybridized carbons (Fsp3) is 0.353. The van der Waals surface area contributed by atoms with Crippen molar-refractivity contribution in [2.45, 2.75) is 12.5 Å². The van der Waals surface area contributed by atoms with Crippen molar-refractivity contribution >= 4 is 32.6 Å². The second-order valence-electron chi connectivity index (χ2n) is 6.56. The van der Waals surface area contributed by atoms with Crippen LogP contribution in [0.1, 0.15) is 6.42 Å². The van der Waals surface area contributed by atoms with Crippen LogP contribution in [0.2, 0.25) is 0 Å². The largest absolute Gasteiger partial charge is 0.395 e. The number of aromatic nitrogens is 4. The molecule has 3 heterocycles.